The fourth-order valence-corrected chi connectivity index (χ4v) is 3.78. The van der Waals surface area contributed by atoms with E-state index in [2.05, 4.69) is 11.1 Å². The molecule has 0 saturated heterocycles. The molecule has 1 atom stereocenters. The average molecular weight is 405 g/mol. The maximum atomic E-state index is 13.5. The Morgan fingerprint density at radius 3 is 2.83 bits per heavy atom. The van der Waals surface area contributed by atoms with E-state index in [4.69, 9.17) is 22.1 Å². The SMILES string of the molecule is Cc1cc2c(c(=O)n1Cc1cccnc1)[C@H](c1cccc(Cl)c1)C(C#N)=C(N)O2. The molecule has 6 nitrogen and oxygen atoms in total. The Labute approximate surface area is 172 Å². The van der Waals surface area contributed by atoms with E-state index >= 15 is 0 Å². The fraction of sp³-hybridized carbons (Fsp3) is 0.136. The molecule has 2 aromatic heterocycles. The number of hydrogen-bond acceptors (Lipinski definition) is 5. The first-order valence-electron chi connectivity index (χ1n) is 8.96. The molecule has 0 amide bonds. The number of hydrogen-bond donors (Lipinski definition) is 1. The number of rotatable bonds is 3. The number of fused-ring (bicyclic) bond motifs is 1. The zero-order valence-corrected chi connectivity index (χ0v) is 16.3. The van der Waals surface area contributed by atoms with Crippen LogP contribution in [0.5, 0.6) is 5.75 Å². The molecule has 0 spiro atoms. The summed E-state index contributed by atoms with van der Waals surface area (Å²) in [6.07, 6.45) is 3.40. The first-order chi connectivity index (χ1) is 14.0. The summed E-state index contributed by atoms with van der Waals surface area (Å²) in [6, 6.07) is 14.7. The lowest BCUT2D eigenvalue weighted by atomic mass is 9.84. The maximum Gasteiger partial charge on any atom is 0.259 e. The van der Waals surface area contributed by atoms with Gasteiger partial charge in [0.25, 0.3) is 5.56 Å². The molecule has 2 N–H and O–H groups in total. The van der Waals surface area contributed by atoms with Crippen LogP contribution in [0.15, 0.2) is 71.1 Å². The molecule has 0 saturated carbocycles. The van der Waals surface area contributed by atoms with Gasteiger partial charge in [-0.3, -0.25) is 9.78 Å². The van der Waals surface area contributed by atoms with Gasteiger partial charge in [0.15, 0.2) is 0 Å². The van der Waals surface area contributed by atoms with E-state index in [0.29, 0.717) is 28.4 Å². The highest BCUT2D eigenvalue weighted by Gasteiger charge is 2.34. The van der Waals surface area contributed by atoms with E-state index in [0.717, 1.165) is 11.3 Å². The molecular weight excluding hydrogens is 388 g/mol. The number of nitrogens with two attached hydrogens (primary N) is 1. The Morgan fingerprint density at radius 1 is 1.31 bits per heavy atom. The van der Waals surface area contributed by atoms with Crippen LogP contribution < -0.4 is 16.0 Å². The molecule has 3 heterocycles. The van der Waals surface area contributed by atoms with Gasteiger partial charge in [-0.25, -0.2) is 0 Å². The largest absolute Gasteiger partial charge is 0.440 e. The second-order valence-corrected chi connectivity index (χ2v) is 7.23. The van der Waals surface area contributed by atoms with Crippen molar-refractivity contribution in [2.45, 2.75) is 19.4 Å². The van der Waals surface area contributed by atoms with Crippen LogP contribution in [-0.4, -0.2) is 9.55 Å². The molecule has 1 aliphatic heterocycles. The minimum Gasteiger partial charge on any atom is -0.440 e. The van der Waals surface area contributed by atoms with Crippen LogP contribution in [0.2, 0.25) is 5.02 Å². The molecule has 0 radical (unpaired) electrons. The fourth-order valence-electron chi connectivity index (χ4n) is 3.58. The van der Waals surface area contributed by atoms with Crippen molar-refractivity contribution in [1.29, 1.82) is 5.26 Å². The number of allylic oxidation sites excluding steroid dienone is 1. The molecule has 7 heteroatoms. The van der Waals surface area contributed by atoms with Crippen molar-refractivity contribution in [3.05, 3.63) is 104 Å². The number of nitrogens with zero attached hydrogens (tertiary/aromatic N) is 3. The molecule has 0 fully saturated rings. The lowest BCUT2D eigenvalue weighted by molar-refractivity contribution is 0.389. The topological polar surface area (TPSA) is 93.9 Å². The summed E-state index contributed by atoms with van der Waals surface area (Å²) in [5, 5.41) is 10.2. The van der Waals surface area contributed by atoms with Crippen LogP contribution in [0.3, 0.4) is 0 Å². The number of benzene rings is 1. The van der Waals surface area contributed by atoms with Crippen molar-refractivity contribution in [3.63, 3.8) is 0 Å². The van der Waals surface area contributed by atoms with Crippen LogP contribution in [0.25, 0.3) is 0 Å². The predicted molar refractivity (Wildman–Crippen MR) is 110 cm³/mol. The van der Waals surface area contributed by atoms with E-state index in [1.54, 1.807) is 41.2 Å². The van der Waals surface area contributed by atoms with Gasteiger partial charge in [-0.15, -0.1) is 0 Å². The van der Waals surface area contributed by atoms with Gasteiger partial charge < -0.3 is 15.0 Å². The highest BCUT2D eigenvalue weighted by molar-refractivity contribution is 6.30. The van der Waals surface area contributed by atoms with Crippen LogP contribution in [0.4, 0.5) is 0 Å². The second kappa shape index (κ2) is 7.46. The third-order valence-electron chi connectivity index (χ3n) is 4.94. The number of halogens is 1. The number of nitriles is 1. The van der Waals surface area contributed by atoms with E-state index < -0.39 is 5.92 Å². The number of ether oxygens (including phenoxy) is 1. The molecule has 3 aromatic rings. The standard InChI is InChI=1S/C22H17ClN4O2/c1-13-8-18-20(22(28)27(13)12-14-4-3-7-26-11-14)19(17(10-24)21(25)29-18)15-5-2-6-16(23)9-15/h2-9,11,19H,12,25H2,1H3/t19-/m1/s1. The quantitative estimate of drug-likeness (QED) is 0.721. The Balaban J connectivity index is 1.94. The number of aromatic nitrogens is 2. The minimum atomic E-state index is -0.657. The van der Waals surface area contributed by atoms with E-state index in [1.807, 2.05) is 25.1 Å². The summed E-state index contributed by atoms with van der Waals surface area (Å²) in [6.45, 7) is 2.19. The van der Waals surface area contributed by atoms with Crippen LogP contribution >= 0.6 is 11.6 Å². The molecule has 0 unspecified atom stereocenters. The molecule has 29 heavy (non-hydrogen) atoms. The van der Waals surface area contributed by atoms with Gasteiger partial charge in [0.2, 0.25) is 5.88 Å². The summed E-state index contributed by atoms with van der Waals surface area (Å²) in [7, 11) is 0. The summed E-state index contributed by atoms with van der Waals surface area (Å²) in [5.41, 5.74) is 8.65. The third kappa shape index (κ3) is 3.37. The van der Waals surface area contributed by atoms with Crippen LogP contribution in [0, 0.1) is 18.3 Å². The van der Waals surface area contributed by atoms with Crippen LogP contribution in [0.1, 0.15) is 28.3 Å². The normalized spacial score (nSPS) is 15.4. The van der Waals surface area contributed by atoms with Gasteiger partial charge >= 0.3 is 0 Å². The summed E-state index contributed by atoms with van der Waals surface area (Å²) in [4.78, 5) is 17.6. The van der Waals surface area contributed by atoms with E-state index in [1.165, 1.54) is 0 Å². The van der Waals surface area contributed by atoms with Crippen molar-refractivity contribution >= 4 is 11.6 Å². The van der Waals surface area contributed by atoms with Crippen molar-refractivity contribution in [2.24, 2.45) is 5.73 Å². The summed E-state index contributed by atoms with van der Waals surface area (Å²) in [5.74, 6) is -0.305. The van der Waals surface area contributed by atoms with Crippen LogP contribution in [-0.2, 0) is 6.54 Å². The Kier molecular flexibility index (Phi) is 4.83. The van der Waals surface area contributed by atoms with Crippen molar-refractivity contribution in [1.82, 2.24) is 9.55 Å². The monoisotopic (exact) mass is 404 g/mol. The lowest BCUT2D eigenvalue weighted by Crippen LogP contribution is -2.33. The molecular formula is C22H17ClN4O2. The van der Waals surface area contributed by atoms with Gasteiger partial charge in [0.05, 0.1) is 18.0 Å². The summed E-state index contributed by atoms with van der Waals surface area (Å²) >= 11 is 6.17. The van der Waals surface area contributed by atoms with Gasteiger partial charge in [-0.05, 0) is 36.2 Å². The molecule has 144 valence electrons. The first-order valence-corrected chi connectivity index (χ1v) is 9.33. The molecule has 4 rings (SSSR count). The molecule has 1 aliphatic rings. The molecule has 0 bridgehead atoms. The van der Waals surface area contributed by atoms with Gasteiger partial charge in [-0.2, -0.15) is 5.26 Å². The number of aryl methyl sites for hydroxylation is 1. The zero-order valence-electron chi connectivity index (χ0n) is 15.6. The lowest BCUT2D eigenvalue weighted by Gasteiger charge is -2.27. The maximum absolute atomic E-state index is 13.5. The second-order valence-electron chi connectivity index (χ2n) is 6.80. The Morgan fingerprint density at radius 2 is 2.14 bits per heavy atom. The molecule has 0 aliphatic carbocycles. The third-order valence-corrected chi connectivity index (χ3v) is 5.17. The van der Waals surface area contributed by atoms with E-state index in [-0.39, 0.29) is 17.0 Å². The minimum absolute atomic E-state index is 0.00575. The van der Waals surface area contributed by atoms with Crippen molar-refractivity contribution in [2.75, 3.05) is 0 Å². The van der Waals surface area contributed by atoms with Crippen molar-refractivity contribution in [3.8, 4) is 11.8 Å². The highest BCUT2D eigenvalue weighted by atomic mass is 35.5. The number of pyridine rings is 2. The predicted octanol–water partition coefficient (Wildman–Crippen LogP) is 3.47. The Hall–Kier alpha value is -3.56. The van der Waals surface area contributed by atoms with Gasteiger partial charge in [-0.1, -0.05) is 29.8 Å². The van der Waals surface area contributed by atoms with Gasteiger partial charge in [0, 0.05) is 29.2 Å². The molecule has 1 aromatic carbocycles. The smallest absolute Gasteiger partial charge is 0.259 e. The van der Waals surface area contributed by atoms with Crippen molar-refractivity contribution < 1.29 is 4.74 Å². The first kappa shape index (κ1) is 18.8. The summed E-state index contributed by atoms with van der Waals surface area (Å²) < 4.78 is 7.31. The van der Waals surface area contributed by atoms with E-state index in [9.17, 15) is 10.1 Å². The highest BCUT2D eigenvalue weighted by Crippen LogP contribution is 2.41. The zero-order chi connectivity index (χ0) is 20.5. The van der Waals surface area contributed by atoms with Gasteiger partial charge in [0.1, 0.15) is 17.4 Å². The Bertz CT molecular complexity index is 1230. The average Bonchev–Trinajstić information content (AvgIpc) is 2.71.